The first-order chi connectivity index (χ1) is 28.0. The van der Waals surface area contributed by atoms with E-state index >= 15 is 0 Å². The van der Waals surface area contributed by atoms with Crippen molar-refractivity contribution < 1.29 is 24.0 Å². The number of fused-ring (bicyclic) bond motifs is 1. The number of imide groups is 2. The summed E-state index contributed by atoms with van der Waals surface area (Å²) in [5, 5.41) is 2.73. The molecule has 300 valence electrons. The molecule has 0 radical (unpaired) electrons. The number of nitrogens with one attached hydrogen (secondary N) is 1. The maximum absolute atomic E-state index is 13.5. The van der Waals surface area contributed by atoms with Gasteiger partial charge in [-0.05, 0) is 74.8 Å². The van der Waals surface area contributed by atoms with Crippen LogP contribution in [-0.2, 0) is 9.59 Å². The zero-order chi connectivity index (χ0) is 40.3. The number of piperazine rings is 1. The van der Waals surface area contributed by atoms with E-state index in [1.165, 1.54) is 0 Å². The van der Waals surface area contributed by atoms with E-state index in [2.05, 4.69) is 46.7 Å². The average Bonchev–Trinajstić information content (AvgIpc) is 3.92. The number of hydrogen-bond acceptors (Lipinski definition) is 11. The molecule has 5 saturated heterocycles. The lowest BCUT2D eigenvalue weighted by Gasteiger charge is -2.40. The van der Waals surface area contributed by atoms with Gasteiger partial charge in [0.25, 0.3) is 17.7 Å². The van der Waals surface area contributed by atoms with Gasteiger partial charge in [0.15, 0.2) is 0 Å². The quantitative estimate of drug-likeness (QED) is 0.285. The molecule has 9 rings (SSSR count). The van der Waals surface area contributed by atoms with E-state index in [9.17, 15) is 24.0 Å². The molecule has 58 heavy (non-hydrogen) atoms. The van der Waals surface area contributed by atoms with Gasteiger partial charge in [0, 0.05) is 93.8 Å². The molecule has 0 saturated carbocycles. The molecule has 15 nitrogen and oxygen atoms in total. The van der Waals surface area contributed by atoms with E-state index in [1.54, 1.807) is 24.5 Å². The van der Waals surface area contributed by atoms with Gasteiger partial charge in [0.1, 0.15) is 6.04 Å². The van der Waals surface area contributed by atoms with Crippen molar-refractivity contribution in [2.45, 2.75) is 63.6 Å². The number of hydrogen-bond donors (Lipinski definition) is 1. The summed E-state index contributed by atoms with van der Waals surface area (Å²) in [6.45, 7) is 16.6. The second-order valence-electron chi connectivity index (χ2n) is 16.6. The number of aromatic nitrogens is 2. The summed E-state index contributed by atoms with van der Waals surface area (Å²) < 4.78 is 0. The zero-order valence-corrected chi connectivity index (χ0v) is 33.2. The van der Waals surface area contributed by atoms with Crippen molar-refractivity contribution in [2.24, 2.45) is 5.41 Å². The van der Waals surface area contributed by atoms with E-state index in [-0.39, 0.29) is 47.2 Å². The van der Waals surface area contributed by atoms with Gasteiger partial charge in [0.05, 0.1) is 35.8 Å². The van der Waals surface area contributed by atoms with Crippen LogP contribution in [0, 0.1) is 12.0 Å². The Morgan fingerprint density at radius 1 is 0.862 bits per heavy atom. The minimum absolute atomic E-state index is 0.0782. The van der Waals surface area contributed by atoms with Crippen LogP contribution >= 0.6 is 11.6 Å². The first kappa shape index (κ1) is 38.0. The number of carbonyl (C=O) groups is 5. The lowest BCUT2D eigenvalue weighted by Crippen LogP contribution is -2.54. The Labute approximate surface area is 341 Å². The van der Waals surface area contributed by atoms with Gasteiger partial charge in [-0.1, -0.05) is 17.7 Å². The van der Waals surface area contributed by atoms with Crippen LogP contribution in [0.5, 0.6) is 0 Å². The highest BCUT2D eigenvalue weighted by molar-refractivity contribution is 6.33. The monoisotopic (exact) mass is 804 g/mol. The number of amides is 5. The van der Waals surface area contributed by atoms with Crippen LogP contribution in [0.1, 0.15) is 76.8 Å². The molecule has 1 spiro atoms. The zero-order valence-electron chi connectivity index (χ0n) is 32.4. The fraction of sp³-hybridized carbons (Fsp3) is 0.476. The van der Waals surface area contributed by atoms with E-state index in [1.807, 2.05) is 29.2 Å². The third-order valence-electron chi connectivity index (χ3n) is 13.2. The number of anilines is 3. The van der Waals surface area contributed by atoms with Gasteiger partial charge in [-0.25, -0.2) is 14.8 Å². The summed E-state index contributed by atoms with van der Waals surface area (Å²) in [5.74, 6) is -1.98. The molecule has 7 heterocycles. The minimum atomic E-state index is -0.993. The molecule has 16 heteroatoms. The summed E-state index contributed by atoms with van der Waals surface area (Å²) in [4.78, 5) is 88.9. The molecule has 5 fully saturated rings. The molecule has 6 aliphatic rings. The normalized spacial score (nSPS) is 24.8. The predicted molar refractivity (Wildman–Crippen MR) is 216 cm³/mol. The van der Waals surface area contributed by atoms with Gasteiger partial charge in [-0.15, -0.1) is 0 Å². The van der Waals surface area contributed by atoms with Crippen LogP contribution in [0.2, 0.25) is 5.02 Å². The van der Waals surface area contributed by atoms with Gasteiger partial charge in [-0.2, -0.15) is 0 Å². The Kier molecular flexibility index (Phi) is 9.80. The Hall–Kier alpha value is -5.59. The van der Waals surface area contributed by atoms with Gasteiger partial charge < -0.3 is 19.6 Å². The summed E-state index contributed by atoms with van der Waals surface area (Å²) in [7, 11) is 0. The second kappa shape index (κ2) is 15.0. The van der Waals surface area contributed by atoms with Gasteiger partial charge in [-0.3, -0.25) is 39.1 Å². The molecule has 2 aromatic carbocycles. The lowest BCUT2D eigenvalue weighted by atomic mass is 9.76. The van der Waals surface area contributed by atoms with Crippen molar-refractivity contribution in [1.29, 1.82) is 0 Å². The number of piperidine rings is 2. The largest absolute Gasteiger partial charge is 0.369 e. The summed E-state index contributed by atoms with van der Waals surface area (Å²) >= 11 is 6.38. The summed E-state index contributed by atoms with van der Waals surface area (Å²) in [5.41, 5.74) is 4.07. The molecule has 3 aromatic rings. The van der Waals surface area contributed by atoms with E-state index in [4.69, 9.17) is 18.2 Å². The standard InChI is InChI=1S/C42H45ClN10O5/c1-26-21-42(25-52(26)28-4-6-34(44-2)33(43)20-28)10-13-48(14-11-42)30-22-45-37(46-23-30)41(58)51-12-9-29(24-51)50-17-15-49(16-18-50)27-3-5-31-32(19-27)40(57)53(39(31)56)35-7-8-36(54)47-38(35)55/h3-6,19-20,22-23,26,29,35H,7-18,21,24-25H2,1H3,(H,47,54,55)/t26-,29+,35?/m0/s1. The topological polar surface area (TPSA) is 147 Å². The minimum Gasteiger partial charge on any atom is -0.369 e. The fourth-order valence-corrected chi connectivity index (χ4v) is 10.2. The molecule has 5 amide bonds. The number of carbonyl (C=O) groups excluding carboxylic acids is 5. The van der Waals surface area contributed by atoms with E-state index in [0.717, 1.165) is 80.4 Å². The SMILES string of the molecule is [C-]#[N+]c1ccc(N2CC3(CCN(c4cnc(C(=O)N5CC[C@@H](N6CCN(c7ccc8c(c7)C(=O)N(C7CCC(=O)NC7=O)C8=O)CC6)C5)nc4)CC3)C[C@@H]2C)cc1Cl. The molecule has 0 aliphatic carbocycles. The van der Waals surface area contributed by atoms with E-state index in [0.29, 0.717) is 42.9 Å². The molecule has 1 N–H and O–H groups in total. The van der Waals surface area contributed by atoms with Gasteiger partial charge >= 0.3 is 0 Å². The number of benzene rings is 2. The molecule has 1 unspecified atom stereocenters. The fourth-order valence-electron chi connectivity index (χ4n) is 9.99. The average molecular weight is 805 g/mol. The van der Waals surface area contributed by atoms with Crippen molar-refractivity contribution in [3.63, 3.8) is 0 Å². The molecule has 3 atom stereocenters. The highest BCUT2D eigenvalue weighted by Gasteiger charge is 2.46. The van der Waals surface area contributed by atoms with Crippen molar-refractivity contribution in [3.05, 3.63) is 82.2 Å². The van der Waals surface area contributed by atoms with Crippen LogP contribution in [0.25, 0.3) is 4.85 Å². The second-order valence-corrected chi connectivity index (χ2v) is 17.0. The first-order valence-corrected chi connectivity index (χ1v) is 20.5. The number of rotatable bonds is 6. The molecule has 1 aromatic heterocycles. The third kappa shape index (κ3) is 6.81. The molecule has 0 bridgehead atoms. The Morgan fingerprint density at radius 2 is 1.57 bits per heavy atom. The van der Waals surface area contributed by atoms with E-state index < -0.39 is 29.7 Å². The van der Waals surface area contributed by atoms with Crippen LogP contribution in [0.4, 0.5) is 22.7 Å². The Bertz CT molecular complexity index is 2230. The number of nitrogens with zero attached hydrogens (tertiary/aromatic N) is 9. The molecular formula is C42H45ClN10O5. The lowest BCUT2D eigenvalue weighted by molar-refractivity contribution is -0.136. The van der Waals surface area contributed by atoms with Crippen LogP contribution < -0.4 is 20.0 Å². The van der Waals surface area contributed by atoms with Crippen molar-refractivity contribution in [1.82, 2.24) is 30.0 Å². The maximum Gasteiger partial charge on any atom is 0.291 e. The summed E-state index contributed by atoms with van der Waals surface area (Å²) in [6.07, 6.45) is 7.82. The highest BCUT2D eigenvalue weighted by Crippen LogP contribution is 2.46. The third-order valence-corrected chi connectivity index (χ3v) is 13.5. The van der Waals surface area contributed by atoms with Gasteiger partial charge in [0.2, 0.25) is 23.3 Å². The highest BCUT2D eigenvalue weighted by atomic mass is 35.5. The summed E-state index contributed by atoms with van der Waals surface area (Å²) in [6, 6.07) is 10.6. The molecule has 6 aliphatic heterocycles. The van der Waals surface area contributed by atoms with Crippen molar-refractivity contribution >= 4 is 63.9 Å². The van der Waals surface area contributed by atoms with Crippen molar-refractivity contribution in [2.75, 3.05) is 73.6 Å². The Morgan fingerprint density at radius 3 is 2.28 bits per heavy atom. The smallest absolute Gasteiger partial charge is 0.291 e. The number of likely N-dealkylation sites (tertiary alicyclic amines) is 1. The predicted octanol–water partition coefficient (Wildman–Crippen LogP) is 4.00. The van der Waals surface area contributed by atoms with Crippen molar-refractivity contribution in [3.8, 4) is 0 Å². The Balaban J connectivity index is 0.754. The number of halogens is 1. The van der Waals surface area contributed by atoms with Crippen LogP contribution in [0.15, 0.2) is 48.8 Å². The molecular weight excluding hydrogens is 760 g/mol. The maximum atomic E-state index is 13.5. The van der Waals surface area contributed by atoms with Crippen LogP contribution in [0.3, 0.4) is 0 Å². The van der Waals surface area contributed by atoms with Crippen LogP contribution in [-0.4, -0.2) is 131 Å². The first-order valence-electron chi connectivity index (χ1n) is 20.2.